The van der Waals surface area contributed by atoms with Crippen molar-refractivity contribution in [1.82, 2.24) is 15.2 Å². The summed E-state index contributed by atoms with van der Waals surface area (Å²) in [6.45, 7) is 1.06. The van der Waals surface area contributed by atoms with E-state index in [9.17, 15) is 9.59 Å². The van der Waals surface area contributed by atoms with Crippen molar-refractivity contribution in [2.24, 2.45) is 0 Å². The third-order valence-electron chi connectivity index (χ3n) is 4.86. The first-order valence-corrected chi connectivity index (χ1v) is 9.02. The first-order valence-electron chi connectivity index (χ1n) is 9.02. The van der Waals surface area contributed by atoms with Crippen LogP contribution >= 0.6 is 0 Å². The van der Waals surface area contributed by atoms with Gasteiger partial charge >= 0.3 is 6.09 Å². The van der Waals surface area contributed by atoms with Crippen LogP contribution in [0.25, 0.3) is 10.9 Å². The minimum Gasteiger partial charge on any atom is -0.445 e. The van der Waals surface area contributed by atoms with Crippen molar-refractivity contribution in [3.05, 3.63) is 71.9 Å². The summed E-state index contributed by atoms with van der Waals surface area (Å²) in [6.07, 6.45) is 1.88. The summed E-state index contributed by atoms with van der Waals surface area (Å²) in [6, 6.07) is 16.9. The smallest absolute Gasteiger partial charge is 0.410 e. The Morgan fingerprint density at radius 1 is 1.11 bits per heavy atom. The quantitative estimate of drug-likeness (QED) is 0.748. The molecule has 6 nitrogen and oxygen atoms in total. The van der Waals surface area contributed by atoms with Crippen LogP contribution in [0, 0.1) is 0 Å². The van der Waals surface area contributed by atoms with Crippen LogP contribution in [0.3, 0.4) is 0 Å². The Bertz CT molecular complexity index is 951. The summed E-state index contributed by atoms with van der Waals surface area (Å²) < 4.78 is 5.45. The third kappa shape index (κ3) is 3.65. The fraction of sp³-hybridized carbons (Fsp3) is 0.238. The number of hydrogen-bond acceptors (Lipinski definition) is 3. The number of piperazine rings is 1. The molecule has 0 aliphatic carbocycles. The van der Waals surface area contributed by atoms with Gasteiger partial charge < -0.3 is 15.0 Å². The van der Waals surface area contributed by atoms with Crippen LogP contribution in [0.4, 0.5) is 4.79 Å². The van der Waals surface area contributed by atoms with Gasteiger partial charge in [-0.15, -0.1) is 0 Å². The van der Waals surface area contributed by atoms with Gasteiger partial charge in [0.1, 0.15) is 12.6 Å². The molecule has 1 aromatic heterocycles. The first kappa shape index (κ1) is 17.1. The summed E-state index contributed by atoms with van der Waals surface area (Å²) in [5.74, 6) is -0.150. The lowest BCUT2D eigenvalue weighted by Gasteiger charge is -2.34. The van der Waals surface area contributed by atoms with E-state index < -0.39 is 12.1 Å². The van der Waals surface area contributed by atoms with Gasteiger partial charge in [-0.3, -0.25) is 9.69 Å². The molecule has 1 saturated heterocycles. The summed E-state index contributed by atoms with van der Waals surface area (Å²) in [5, 5.41) is 3.92. The molecule has 0 bridgehead atoms. The van der Waals surface area contributed by atoms with Crippen LogP contribution < -0.4 is 5.32 Å². The topological polar surface area (TPSA) is 74.4 Å². The monoisotopic (exact) mass is 363 g/mol. The number of carbonyl (C=O) groups excluding carboxylic acids is 2. The van der Waals surface area contributed by atoms with Gasteiger partial charge in [-0.25, -0.2) is 4.79 Å². The number of rotatable bonds is 4. The van der Waals surface area contributed by atoms with E-state index in [1.54, 1.807) is 0 Å². The van der Waals surface area contributed by atoms with Crippen LogP contribution in [-0.2, 0) is 22.6 Å². The maximum Gasteiger partial charge on any atom is 0.410 e. The van der Waals surface area contributed by atoms with Gasteiger partial charge in [0.15, 0.2) is 0 Å². The molecule has 0 spiro atoms. The molecule has 27 heavy (non-hydrogen) atoms. The van der Waals surface area contributed by atoms with Crippen molar-refractivity contribution in [2.45, 2.75) is 19.1 Å². The zero-order chi connectivity index (χ0) is 18.6. The minimum atomic E-state index is -0.582. The second-order valence-corrected chi connectivity index (χ2v) is 6.60. The molecule has 1 aliphatic rings. The lowest BCUT2D eigenvalue weighted by molar-refractivity contribution is -0.128. The first-order chi connectivity index (χ1) is 13.2. The molecule has 2 heterocycles. The number of aromatic nitrogens is 1. The molecule has 4 rings (SSSR count). The van der Waals surface area contributed by atoms with Gasteiger partial charge in [0.2, 0.25) is 5.91 Å². The second-order valence-electron chi connectivity index (χ2n) is 6.60. The fourth-order valence-electron chi connectivity index (χ4n) is 3.45. The lowest BCUT2D eigenvalue weighted by atomic mass is 10.0. The average Bonchev–Trinajstić information content (AvgIpc) is 3.11. The Balaban J connectivity index is 1.50. The second kappa shape index (κ2) is 7.53. The van der Waals surface area contributed by atoms with Crippen LogP contribution in [0.15, 0.2) is 60.8 Å². The Kier molecular flexibility index (Phi) is 4.78. The summed E-state index contributed by atoms with van der Waals surface area (Å²) >= 11 is 0. The average molecular weight is 363 g/mol. The molecule has 1 atom stereocenters. The molecular formula is C21H21N3O3. The van der Waals surface area contributed by atoms with E-state index >= 15 is 0 Å². The summed E-state index contributed by atoms with van der Waals surface area (Å²) in [4.78, 5) is 29.9. The van der Waals surface area contributed by atoms with E-state index in [0.717, 1.165) is 22.0 Å². The largest absolute Gasteiger partial charge is 0.445 e. The Hall–Kier alpha value is -3.28. The molecule has 0 radical (unpaired) electrons. The number of hydrogen-bond donors (Lipinski definition) is 2. The standard InChI is InChI=1S/C21H21N3O3/c25-20-19(12-16-13-23-18-9-5-4-8-17(16)18)24(11-10-22-20)21(26)27-14-15-6-2-1-3-7-15/h1-9,13,19,23H,10-12,14H2,(H,22,25)/t19-/m1/s1. The Morgan fingerprint density at radius 3 is 2.74 bits per heavy atom. The number of benzene rings is 2. The Morgan fingerprint density at radius 2 is 1.89 bits per heavy atom. The number of ether oxygens (including phenoxy) is 1. The molecule has 0 saturated carbocycles. The third-order valence-corrected chi connectivity index (χ3v) is 4.86. The maximum atomic E-state index is 12.6. The number of fused-ring (bicyclic) bond motifs is 1. The van der Waals surface area contributed by atoms with Gasteiger partial charge in [-0.05, 0) is 17.2 Å². The van der Waals surface area contributed by atoms with Crippen molar-refractivity contribution in [1.29, 1.82) is 0 Å². The predicted octanol–water partition coefficient (Wildman–Crippen LogP) is 2.85. The van der Waals surface area contributed by atoms with E-state index in [4.69, 9.17) is 4.74 Å². The summed E-state index contributed by atoms with van der Waals surface area (Å²) in [5.41, 5.74) is 2.94. The molecule has 2 amide bonds. The highest BCUT2D eigenvalue weighted by Gasteiger charge is 2.34. The summed E-state index contributed by atoms with van der Waals surface area (Å²) in [7, 11) is 0. The van der Waals surface area contributed by atoms with Crippen LogP contribution in [0.1, 0.15) is 11.1 Å². The van der Waals surface area contributed by atoms with Gasteiger partial charge in [0.25, 0.3) is 0 Å². The molecule has 138 valence electrons. The van der Waals surface area contributed by atoms with Crippen LogP contribution in [0.2, 0.25) is 0 Å². The highest BCUT2D eigenvalue weighted by Crippen LogP contribution is 2.22. The van der Waals surface area contributed by atoms with Gasteiger partial charge in [-0.1, -0.05) is 48.5 Å². The van der Waals surface area contributed by atoms with Crippen molar-refractivity contribution >= 4 is 22.9 Å². The van der Waals surface area contributed by atoms with Gasteiger partial charge in [-0.2, -0.15) is 0 Å². The predicted molar refractivity (Wildman–Crippen MR) is 102 cm³/mol. The Labute approximate surface area is 157 Å². The minimum absolute atomic E-state index is 0.150. The van der Waals surface area contributed by atoms with Crippen molar-refractivity contribution in [2.75, 3.05) is 13.1 Å². The van der Waals surface area contributed by atoms with Crippen molar-refractivity contribution in [3.63, 3.8) is 0 Å². The number of nitrogens with one attached hydrogen (secondary N) is 2. The zero-order valence-electron chi connectivity index (χ0n) is 14.9. The molecule has 6 heteroatoms. The highest BCUT2D eigenvalue weighted by atomic mass is 16.6. The van der Waals surface area contributed by atoms with Crippen LogP contribution in [-0.4, -0.2) is 41.0 Å². The van der Waals surface area contributed by atoms with E-state index in [-0.39, 0.29) is 12.5 Å². The van der Waals surface area contributed by atoms with Crippen molar-refractivity contribution in [3.8, 4) is 0 Å². The normalized spacial score (nSPS) is 17.0. The molecule has 1 aliphatic heterocycles. The zero-order valence-corrected chi connectivity index (χ0v) is 14.9. The number of amides is 2. The van der Waals surface area contributed by atoms with E-state index in [1.807, 2.05) is 60.8 Å². The van der Waals surface area contributed by atoms with Gasteiger partial charge in [0.05, 0.1) is 0 Å². The van der Waals surface area contributed by atoms with Crippen molar-refractivity contribution < 1.29 is 14.3 Å². The fourth-order valence-corrected chi connectivity index (χ4v) is 3.45. The lowest BCUT2D eigenvalue weighted by Crippen LogP contribution is -2.58. The molecule has 1 fully saturated rings. The maximum absolute atomic E-state index is 12.6. The number of aromatic amines is 1. The highest BCUT2D eigenvalue weighted by molar-refractivity contribution is 5.89. The molecule has 2 aromatic carbocycles. The SMILES string of the molecule is O=C1NCCN(C(=O)OCc2ccccc2)[C@@H]1Cc1c[nH]c2ccccc12. The molecule has 3 aromatic rings. The molecule has 2 N–H and O–H groups in total. The molecule has 0 unspecified atom stereocenters. The van der Waals surface area contributed by atoms with E-state index in [2.05, 4.69) is 10.3 Å². The number of carbonyl (C=O) groups is 2. The van der Waals surface area contributed by atoms with E-state index in [1.165, 1.54) is 4.90 Å². The number of nitrogens with zero attached hydrogens (tertiary/aromatic N) is 1. The van der Waals surface area contributed by atoms with Crippen LogP contribution in [0.5, 0.6) is 0 Å². The number of H-pyrrole nitrogens is 1. The number of para-hydroxylation sites is 1. The molecular weight excluding hydrogens is 342 g/mol. The van der Waals surface area contributed by atoms with E-state index in [0.29, 0.717) is 19.5 Å². The van der Waals surface area contributed by atoms with Gasteiger partial charge in [0, 0.05) is 36.6 Å².